The third-order valence-electron chi connectivity index (χ3n) is 2.87. The Bertz CT molecular complexity index is 545. The molecular weight excluding hydrogens is 226 g/mol. The zero-order chi connectivity index (χ0) is 13.0. The molecule has 2 aromatic rings. The van der Waals surface area contributed by atoms with E-state index in [2.05, 4.69) is 9.98 Å². The lowest BCUT2D eigenvalue weighted by Crippen LogP contribution is -1.98. The summed E-state index contributed by atoms with van der Waals surface area (Å²) in [6.07, 6.45) is 5.39. The summed E-state index contributed by atoms with van der Waals surface area (Å²) in [5.74, 6) is 0.868. The number of methoxy groups -OCH3 is 1. The van der Waals surface area contributed by atoms with Gasteiger partial charge in [-0.2, -0.15) is 0 Å². The molecule has 0 radical (unpaired) electrons. The molecule has 0 aliphatic rings. The Morgan fingerprint density at radius 3 is 2.83 bits per heavy atom. The van der Waals surface area contributed by atoms with Crippen LogP contribution in [0.5, 0.6) is 5.75 Å². The Hall–Kier alpha value is -2.10. The summed E-state index contributed by atoms with van der Waals surface area (Å²) < 4.78 is 7.26. The van der Waals surface area contributed by atoms with Crippen LogP contribution in [0, 0.1) is 0 Å². The summed E-state index contributed by atoms with van der Waals surface area (Å²) in [6, 6.07) is 7.99. The van der Waals surface area contributed by atoms with Crippen molar-refractivity contribution in [3.8, 4) is 5.75 Å². The monoisotopic (exact) mass is 243 g/mol. The molecule has 1 aromatic heterocycles. The van der Waals surface area contributed by atoms with Crippen LogP contribution in [0.1, 0.15) is 24.2 Å². The summed E-state index contributed by atoms with van der Waals surface area (Å²) in [5.41, 5.74) is 2.06. The Morgan fingerprint density at radius 2 is 2.17 bits per heavy atom. The van der Waals surface area contributed by atoms with Gasteiger partial charge in [0.15, 0.2) is 0 Å². The van der Waals surface area contributed by atoms with E-state index in [0.717, 1.165) is 17.0 Å². The molecule has 0 saturated carbocycles. The van der Waals surface area contributed by atoms with Crippen LogP contribution in [0.25, 0.3) is 0 Å². The van der Waals surface area contributed by atoms with E-state index in [1.54, 1.807) is 19.6 Å². The number of para-hydroxylation sites is 1. The lowest BCUT2D eigenvalue weighted by Gasteiger charge is -2.11. The zero-order valence-electron chi connectivity index (χ0n) is 10.9. The molecule has 0 aliphatic heterocycles. The molecule has 1 aromatic carbocycles. The largest absolute Gasteiger partial charge is 0.496 e. The number of imidazole rings is 1. The van der Waals surface area contributed by atoms with E-state index in [1.165, 1.54) is 0 Å². The predicted molar refractivity (Wildman–Crippen MR) is 72.2 cm³/mol. The van der Waals surface area contributed by atoms with Gasteiger partial charge in [0, 0.05) is 18.8 Å². The highest BCUT2D eigenvalue weighted by Crippen LogP contribution is 2.26. The Balaban J connectivity index is 2.19. The quantitative estimate of drug-likeness (QED) is 0.774. The van der Waals surface area contributed by atoms with Crippen molar-refractivity contribution in [2.24, 2.45) is 12.0 Å². The lowest BCUT2D eigenvalue weighted by atomic mass is 10.1. The molecule has 0 amide bonds. The maximum absolute atomic E-state index is 5.34. The Morgan fingerprint density at radius 1 is 1.39 bits per heavy atom. The van der Waals surface area contributed by atoms with Gasteiger partial charge < -0.3 is 9.30 Å². The lowest BCUT2D eigenvalue weighted by molar-refractivity contribution is 0.407. The van der Waals surface area contributed by atoms with Gasteiger partial charge in [-0.25, -0.2) is 4.98 Å². The molecule has 0 spiro atoms. The van der Waals surface area contributed by atoms with Crippen molar-refractivity contribution in [3.63, 3.8) is 0 Å². The zero-order valence-corrected chi connectivity index (χ0v) is 10.9. The van der Waals surface area contributed by atoms with Gasteiger partial charge in [0.1, 0.15) is 5.75 Å². The fourth-order valence-corrected chi connectivity index (χ4v) is 1.77. The molecule has 18 heavy (non-hydrogen) atoms. The van der Waals surface area contributed by atoms with Crippen molar-refractivity contribution in [1.29, 1.82) is 0 Å². The van der Waals surface area contributed by atoms with E-state index in [-0.39, 0.29) is 6.04 Å². The first-order valence-electron chi connectivity index (χ1n) is 5.84. The summed E-state index contributed by atoms with van der Waals surface area (Å²) in [4.78, 5) is 8.59. The van der Waals surface area contributed by atoms with Gasteiger partial charge in [-0.15, -0.1) is 0 Å². The average Bonchev–Trinajstić information content (AvgIpc) is 2.81. The van der Waals surface area contributed by atoms with E-state index >= 15 is 0 Å². The molecule has 0 saturated heterocycles. The molecular formula is C14H17N3O. The average molecular weight is 243 g/mol. The van der Waals surface area contributed by atoms with E-state index in [1.807, 2.05) is 49.0 Å². The van der Waals surface area contributed by atoms with Gasteiger partial charge in [-0.1, -0.05) is 18.2 Å². The van der Waals surface area contributed by atoms with Crippen molar-refractivity contribution in [1.82, 2.24) is 9.55 Å². The molecule has 2 rings (SSSR count). The standard InChI is InChI=1S/C14H17N3O/c1-11(13-6-4-5-7-14(13)18-3)16-9-12-8-15-10-17(12)2/h4-11H,1-3H3. The highest BCUT2D eigenvalue weighted by molar-refractivity contribution is 5.77. The van der Waals surface area contributed by atoms with Crippen molar-refractivity contribution >= 4 is 6.21 Å². The number of ether oxygens (including phenoxy) is 1. The molecule has 4 nitrogen and oxygen atoms in total. The van der Waals surface area contributed by atoms with Crippen molar-refractivity contribution in [3.05, 3.63) is 48.0 Å². The second-order valence-corrected chi connectivity index (χ2v) is 4.13. The Labute approximate surface area is 107 Å². The van der Waals surface area contributed by atoms with Gasteiger partial charge in [-0.05, 0) is 13.0 Å². The molecule has 1 heterocycles. The fourth-order valence-electron chi connectivity index (χ4n) is 1.77. The van der Waals surface area contributed by atoms with Crippen LogP contribution in [0.4, 0.5) is 0 Å². The molecule has 4 heteroatoms. The summed E-state index contributed by atoms with van der Waals surface area (Å²) in [5, 5.41) is 0. The minimum atomic E-state index is 0.0519. The van der Waals surface area contributed by atoms with E-state index in [0.29, 0.717) is 0 Å². The SMILES string of the molecule is COc1ccccc1C(C)N=Cc1cncn1C. The first kappa shape index (κ1) is 12.4. The summed E-state index contributed by atoms with van der Waals surface area (Å²) in [6.45, 7) is 2.05. The van der Waals surface area contributed by atoms with Crippen molar-refractivity contribution < 1.29 is 4.74 Å². The van der Waals surface area contributed by atoms with Crippen LogP contribution in [-0.4, -0.2) is 22.9 Å². The number of aromatic nitrogens is 2. The number of aryl methyl sites for hydroxylation is 1. The second kappa shape index (κ2) is 5.49. The molecule has 1 unspecified atom stereocenters. The summed E-state index contributed by atoms with van der Waals surface area (Å²) in [7, 11) is 3.62. The van der Waals surface area contributed by atoms with E-state index in [4.69, 9.17) is 4.74 Å². The topological polar surface area (TPSA) is 39.4 Å². The number of nitrogens with zero attached hydrogens (tertiary/aromatic N) is 3. The van der Waals surface area contributed by atoms with Crippen molar-refractivity contribution in [2.75, 3.05) is 7.11 Å². The second-order valence-electron chi connectivity index (χ2n) is 4.13. The number of rotatable bonds is 4. The molecule has 1 atom stereocenters. The number of benzene rings is 1. The van der Waals surface area contributed by atoms with E-state index in [9.17, 15) is 0 Å². The van der Waals surface area contributed by atoms with Gasteiger partial charge >= 0.3 is 0 Å². The van der Waals surface area contributed by atoms with Crippen LogP contribution < -0.4 is 4.74 Å². The van der Waals surface area contributed by atoms with Crippen LogP contribution in [-0.2, 0) is 7.05 Å². The smallest absolute Gasteiger partial charge is 0.124 e. The highest BCUT2D eigenvalue weighted by atomic mass is 16.5. The molecule has 0 fully saturated rings. The molecule has 0 N–H and O–H groups in total. The Kier molecular flexibility index (Phi) is 3.77. The van der Waals surface area contributed by atoms with Gasteiger partial charge in [-0.3, -0.25) is 4.99 Å². The molecule has 94 valence electrons. The molecule has 0 aliphatic carbocycles. The van der Waals surface area contributed by atoms with Crippen LogP contribution >= 0.6 is 0 Å². The van der Waals surface area contributed by atoms with Crippen molar-refractivity contribution in [2.45, 2.75) is 13.0 Å². The van der Waals surface area contributed by atoms with E-state index < -0.39 is 0 Å². The van der Waals surface area contributed by atoms with Crippen LogP contribution in [0.2, 0.25) is 0 Å². The normalized spacial score (nSPS) is 12.8. The van der Waals surface area contributed by atoms with Gasteiger partial charge in [0.05, 0.1) is 31.4 Å². The third kappa shape index (κ3) is 2.59. The minimum absolute atomic E-state index is 0.0519. The maximum atomic E-state index is 5.34. The minimum Gasteiger partial charge on any atom is -0.496 e. The number of aliphatic imine (C=N–C) groups is 1. The highest BCUT2D eigenvalue weighted by Gasteiger charge is 2.08. The first-order valence-corrected chi connectivity index (χ1v) is 5.84. The molecule has 0 bridgehead atoms. The first-order chi connectivity index (χ1) is 8.72. The van der Waals surface area contributed by atoms with Gasteiger partial charge in [0.2, 0.25) is 0 Å². The third-order valence-corrected chi connectivity index (χ3v) is 2.87. The predicted octanol–water partition coefficient (Wildman–Crippen LogP) is 2.61. The van der Waals surface area contributed by atoms with Gasteiger partial charge in [0.25, 0.3) is 0 Å². The van der Waals surface area contributed by atoms with Crippen LogP contribution in [0.3, 0.4) is 0 Å². The number of hydrogen-bond donors (Lipinski definition) is 0. The summed E-state index contributed by atoms with van der Waals surface area (Å²) >= 11 is 0. The maximum Gasteiger partial charge on any atom is 0.124 e. The fraction of sp³-hybridized carbons (Fsp3) is 0.286. The number of hydrogen-bond acceptors (Lipinski definition) is 3. The van der Waals surface area contributed by atoms with Crippen LogP contribution in [0.15, 0.2) is 41.8 Å².